The molecule has 0 unspecified atom stereocenters. The average Bonchev–Trinajstić information content (AvgIpc) is 2.03. The Morgan fingerprint density at radius 3 is 2.36 bits per heavy atom. The second-order valence-corrected chi connectivity index (χ2v) is 2.67. The quantitative estimate of drug-likeness (QED) is 0.300. The Hall–Kier alpha value is -0.660. The predicted octanol–water partition coefficient (Wildman–Crippen LogP) is 2.23. The molecule has 0 rings (SSSR count). The highest BCUT2D eigenvalue weighted by atomic mass is 16.1. The van der Waals surface area contributed by atoms with Gasteiger partial charge in [-0.2, -0.15) is 0 Å². The van der Waals surface area contributed by atoms with Gasteiger partial charge in [0.05, 0.1) is 0 Å². The van der Waals surface area contributed by atoms with Gasteiger partial charge in [-0.3, -0.25) is 0 Å². The third-order valence-electron chi connectivity index (χ3n) is 1.64. The molecule has 2 nitrogen and oxygen atoms in total. The predicted molar refractivity (Wildman–Crippen MR) is 48.2 cm³/mol. The fourth-order valence-electron chi connectivity index (χ4n) is 0.982. The lowest BCUT2D eigenvalue weighted by molar-refractivity contribution is -0.107. The molecule has 0 aliphatic heterocycles. The summed E-state index contributed by atoms with van der Waals surface area (Å²) in [7, 11) is 0. The van der Waals surface area contributed by atoms with Crippen LogP contribution < -0.4 is 0 Å². The van der Waals surface area contributed by atoms with Crippen LogP contribution in [0.1, 0.15) is 38.5 Å². The number of unbranched alkanes of at least 4 members (excludes halogenated alkanes) is 5. The van der Waals surface area contributed by atoms with Crippen LogP contribution in [0.3, 0.4) is 0 Å². The van der Waals surface area contributed by atoms with E-state index in [9.17, 15) is 4.79 Å². The number of hydrogen-bond acceptors (Lipinski definition) is 2. The first kappa shape index (κ1) is 10.3. The molecule has 0 radical (unpaired) electrons. The summed E-state index contributed by atoms with van der Waals surface area (Å²) in [6, 6.07) is 0. The third-order valence-corrected chi connectivity index (χ3v) is 1.64. The maximum absolute atomic E-state index is 9.92. The second kappa shape index (κ2) is 9.34. The summed E-state index contributed by atoms with van der Waals surface area (Å²) < 4.78 is 0. The minimum atomic E-state index is 0.722. The Bertz CT molecular complexity index is 89.7. The monoisotopic (exact) mass is 155 g/mol. The van der Waals surface area contributed by atoms with Crippen molar-refractivity contribution >= 4 is 13.0 Å². The van der Waals surface area contributed by atoms with Gasteiger partial charge in [-0.1, -0.05) is 19.3 Å². The van der Waals surface area contributed by atoms with E-state index in [1.165, 1.54) is 19.3 Å². The number of carbonyl (C=O) groups is 1. The van der Waals surface area contributed by atoms with Gasteiger partial charge in [-0.25, -0.2) is 0 Å². The maximum Gasteiger partial charge on any atom is 0.119 e. The molecule has 11 heavy (non-hydrogen) atoms. The fourth-order valence-corrected chi connectivity index (χ4v) is 0.982. The Kier molecular flexibility index (Phi) is 8.78. The van der Waals surface area contributed by atoms with Crippen molar-refractivity contribution in [1.29, 1.82) is 0 Å². The molecule has 0 amide bonds. The summed E-state index contributed by atoms with van der Waals surface area (Å²) in [4.78, 5) is 13.7. The van der Waals surface area contributed by atoms with E-state index >= 15 is 0 Å². The molecule has 0 aromatic carbocycles. The van der Waals surface area contributed by atoms with E-state index in [1.807, 2.05) is 0 Å². The number of nitrogens with zero attached hydrogens (tertiary/aromatic N) is 1. The number of hydrogen-bond donors (Lipinski definition) is 0. The van der Waals surface area contributed by atoms with Crippen LogP contribution in [0.5, 0.6) is 0 Å². The molecule has 0 aromatic rings. The van der Waals surface area contributed by atoms with Gasteiger partial charge in [0, 0.05) is 13.0 Å². The first-order valence-electron chi connectivity index (χ1n) is 4.28. The van der Waals surface area contributed by atoms with E-state index in [-0.39, 0.29) is 0 Å². The van der Waals surface area contributed by atoms with Crippen LogP contribution in [-0.4, -0.2) is 19.5 Å². The van der Waals surface area contributed by atoms with Gasteiger partial charge in [-0.15, -0.1) is 0 Å². The summed E-state index contributed by atoms with van der Waals surface area (Å²) in [5, 5.41) is 0. The van der Waals surface area contributed by atoms with Crippen molar-refractivity contribution in [3.05, 3.63) is 0 Å². The van der Waals surface area contributed by atoms with Gasteiger partial charge < -0.3 is 9.79 Å². The normalized spacial score (nSPS) is 9.45. The van der Waals surface area contributed by atoms with Gasteiger partial charge in [0.15, 0.2) is 0 Å². The van der Waals surface area contributed by atoms with E-state index in [2.05, 4.69) is 11.7 Å². The number of rotatable bonds is 8. The molecule has 0 aromatic heterocycles. The minimum absolute atomic E-state index is 0.722. The van der Waals surface area contributed by atoms with E-state index in [1.54, 1.807) is 0 Å². The van der Waals surface area contributed by atoms with Crippen molar-refractivity contribution in [1.82, 2.24) is 0 Å². The zero-order valence-electron chi connectivity index (χ0n) is 7.09. The number of aliphatic imine (C=N–C) groups is 1. The summed E-state index contributed by atoms with van der Waals surface area (Å²) in [5.74, 6) is 0. The van der Waals surface area contributed by atoms with Crippen molar-refractivity contribution in [2.24, 2.45) is 4.99 Å². The molecule has 0 aliphatic carbocycles. The Morgan fingerprint density at radius 2 is 1.73 bits per heavy atom. The lowest BCUT2D eigenvalue weighted by Crippen LogP contribution is -1.82. The van der Waals surface area contributed by atoms with Crippen molar-refractivity contribution < 1.29 is 4.79 Å². The average molecular weight is 155 g/mol. The van der Waals surface area contributed by atoms with Gasteiger partial charge in [0.2, 0.25) is 0 Å². The molecule has 0 saturated heterocycles. The molecular formula is C9H17NO. The van der Waals surface area contributed by atoms with Crippen molar-refractivity contribution in [3.8, 4) is 0 Å². The van der Waals surface area contributed by atoms with Gasteiger partial charge in [-0.05, 0) is 19.6 Å². The molecule has 0 N–H and O–H groups in total. The molecule has 0 aliphatic rings. The van der Waals surface area contributed by atoms with E-state index in [4.69, 9.17) is 0 Å². The molecule has 0 atom stereocenters. The van der Waals surface area contributed by atoms with E-state index in [0.717, 1.165) is 32.1 Å². The highest BCUT2D eigenvalue weighted by Gasteiger charge is 1.88. The molecule has 0 spiro atoms. The zero-order chi connectivity index (χ0) is 8.36. The Labute approximate surface area is 68.7 Å². The highest BCUT2D eigenvalue weighted by molar-refractivity contribution is 5.48. The van der Waals surface area contributed by atoms with Crippen molar-refractivity contribution in [2.45, 2.75) is 38.5 Å². The van der Waals surface area contributed by atoms with Crippen molar-refractivity contribution in [3.63, 3.8) is 0 Å². The first-order valence-corrected chi connectivity index (χ1v) is 4.28. The van der Waals surface area contributed by atoms with E-state index < -0.39 is 0 Å². The summed E-state index contributed by atoms with van der Waals surface area (Å²) >= 11 is 0. The largest absolute Gasteiger partial charge is 0.303 e. The van der Waals surface area contributed by atoms with Crippen LogP contribution in [0.2, 0.25) is 0 Å². The first-order chi connectivity index (χ1) is 5.41. The van der Waals surface area contributed by atoms with Crippen LogP contribution >= 0.6 is 0 Å². The minimum Gasteiger partial charge on any atom is -0.303 e. The summed E-state index contributed by atoms with van der Waals surface area (Å²) in [6.45, 7) is 4.29. The lowest BCUT2D eigenvalue weighted by atomic mass is 10.1. The summed E-state index contributed by atoms with van der Waals surface area (Å²) in [5.41, 5.74) is 0. The third kappa shape index (κ3) is 9.34. The van der Waals surface area contributed by atoms with Gasteiger partial charge in [0.1, 0.15) is 6.29 Å². The van der Waals surface area contributed by atoms with Crippen LogP contribution in [0, 0.1) is 0 Å². The van der Waals surface area contributed by atoms with E-state index in [0.29, 0.717) is 0 Å². The Morgan fingerprint density at radius 1 is 1.09 bits per heavy atom. The second-order valence-electron chi connectivity index (χ2n) is 2.67. The van der Waals surface area contributed by atoms with Crippen molar-refractivity contribution in [2.75, 3.05) is 6.54 Å². The standard InChI is InChI=1S/C9H17NO/c1-10-8-6-4-2-3-5-7-9-11/h9H,1-8H2. The fraction of sp³-hybridized carbons (Fsp3) is 0.778. The maximum atomic E-state index is 9.92. The number of aldehydes is 1. The lowest BCUT2D eigenvalue weighted by Gasteiger charge is -1.96. The van der Waals surface area contributed by atoms with Crippen LogP contribution in [0.15, 0.2) is 4.99 Å². The smallest absolute Gasteiger partial charge is 0.119 e. The van der Waals surface area contributed by atoms with Crippen LogP contribution in [0.4, 0.5) is 0 Å². The SMILES string of the molecule is C=NCCCCCCCC=O. The molecule has 0 bridgehead atoms. The molecular weight excluding hydrogens is 138 g/mol. The highest BCUT2D eigenvalue weighted by Crippen LogP contribution is 2.03. The van der Waals surface area contributed by atoms with Crippen LogP contribution in [0.25, 0.3) is 0 Å². The Balaban J connectivity index is 2.79. The summed E-state index contributed by atoms with van der Waals surface area (Å²) in [6.07, 6.45) is 7.53. The molecule has 0 saturated carbocycles. The topological polar surface area (TPSA) is 29.4 Å². The molecule has 0 fully saturated rings. The molecule has 0 heterocycles. The number of carbonyl (C=O) groups excluding carboxylic acids is 1. The van der Waals surface area contributed by atoms with Gasteiger partial charge >= 0.3 is 0 Å². The van der Waals surface area contributed by atoms with Crippen LogP contribution in [-0.2, 0) is 4.79 Å². The molecule has 64 valence electrons. The van der Waals surface area contributed by atoms with Gasteiger partial charge in [0.25, 0.3) is 0 Å². The zero-order valence-corrected chi connectivity index (χ0v) is 7.09. The molecule has 2 heteroatoms.